The predicted octanol–water partition coefficient (Wildman–Crippen LogP) is 3.12. The van der Waals surface area contributed by atoms with Gasteiger partial charge in [0.05, 0.1) is 25.3 Å². The third kappa shape index (κ3) is 3.96. The van der Waals surface area contributed by atoms with Gasteiger partial charge in [-0.25, -0.2) is 4.39 Å². The minimum atomic E-state index is -0.441. The Morgan fingerprint density at radius 1 is 1.03 bits per heavy atom. The summed E-state index contributed by atoms with van der Waals surface area (Å²) in [5.74, 6) is 0.593. The molecule has 0 saturated heterocycles. The summed E-state index contributed by atoms with van der Waals surface area (Å²) >= 11 is 0. The summed E-state index contributed by atoms with van der Waals surface area (Å²) in [6.45, 7) is 0.403. The zero-order valence-corrected chi connectivity index (χ0v) is 17.2. The van der Waals surface area contributed by atoms with Gasteiger partial charge < -0.3 is 23.8 Å². The first-order chi connectivity index (χ1) is 15.0. The fraction of sp³-hybridized carbons (Fsp3) is 0.217. The lowest BCUT2D eigenvalue weighted by molar-refractivity contribution is -0.121. The zero-order chi connectivity index (χ0) is 22.0. The number of carbonyl (C=O) groups is 1. The molecule has 160 valence electrons. The molecule has 1 amide bonds. The fourth-order valence-electron chi connectivity index (χ4n) is 3.64. The second-order valence-electron chi connectivity index (χ2n) is 7.06. The summed E-state index contributed by atoms with van der Waals surface area (Å²) in [4.78, 5) is 25.4. The molecule has 7 nitrogen and oxygen atoms in total. The molecule has 1 N–H and O–H groups in total. The van der Waals surface area contributed by atoms with Crippen LogP contribution in [0.5, 0.6) is 11.5 Å². The van der Waals surface area contributed by atoms with E-state index in [1.54, 1.807) is 55.1 Å². The van der Waals surface area contributed by atoms with E-state index < -0.39 is 5.82 Å². The van der Waals surface area contributed by atoms with E-state index in [0.29, 0.717) is 28.0 Å². The smallest absolute Gasteiger partial charge is 0.275 e. The lowest BCUT2D eigenvalue weighted by Gasteiger charge is -2.14. The third-order valence-electron chi connectivity index (χ3n) is 5.23. The normalized spacial score (nSPS) is 11.1. The van der Waals surface area contributed by atoms with Gasteiger partial charge in [0.2, 0.25) is 5.91 Å². The third-order valence-corrected chi connectivity index (χ3v) is 5.23. The molecule has 0 atom stereocenters. The number of benzene rings is 2. The van der Waals surface area contributed by atoms with Gasteiger partial charge in [-0.3, -0.25) is 9.59 Å². The monoisotopic (exact) mass is 423 g/mol. The van der Waals surface area contributed by atoms with Crippen LogP contribution in [-0.4, -0.2) is 29.1 Å². The number of hydrogen-bond acceptors (Lipinski definition) is 4. The van der Waals surface area contributed by atoms with Gasteiger partial charge in [-0.05, 0) is 42.5 Å². The number of aromatic nitrogens is 2. The molecule has 0 saturated carbocycles. The molecular formula is C23H22FN3O4. The molecule has 4 rings (SSSR count). The molecule has 0 aliphatic heterocycles. The second kappa shape index (κ2) is 8.51. The largest absolute Gasteiger partial charge is 0.497 e. The highest BCUT2D eigenvalue weighted by Crippen LogP contribution is 2.24. The summed E-state index contributed by atoms with van der Waals surface area (Å²) < 4.78 is 27.6. The Morgan fingerprint density at radius 2 is 1.87 bits per heavy atom. The molecule has 0 unspecified atom stereocenters. The van der Waals surface area contributed by atoms with E-state index in [0.717, 1.165) is 5.56 Å². The van der Waals surface area contributed by atoms with Crippen molar-refractivity contribution in [1.29, 1.82) is 0 Å². The van der Waals surface area contributed by atoms with Crippen molar-refractivity contribution in [1.82, 2.24) is 14.3 Å². The van der Waals surface area contributed by atoms with E-state index in [-0.39, 0.29) is 31.0 Å². The molecule has 0 spiro atoms. The molecule has 31 heavy (non-hydrogen) atoms. The number of rotatable bonds is 7. The molecule has 8 heteroatoms. The minimum absolute atomic E-state index is 0.0703. The maximum absolute atomic E-state index is 13.9. The van der Waals surface area contributed by atoms with Crippen LogP contribution in [0.4, 0.5) is 4.39 Å². The van der Waals surface area contributed by atoms with Crippen molar-refractivity contribution in [3.63, 3.8) is 0 Å². The zero-order valence-electron chi connectivity index (χ0n) is 17.2. The van der Waals surface area contributed by atoms with Gasteiger partial charge in [-0.2, -0.15) is 0 Å². The highest BCUT2D eigenvalue weighted by atomic mass is 19.1. The number of nitrogens with one attached hydrogen (secondary N) is 1. The van der Waals surface area contributed by atoms with E-state index in [9.17, 15) is 14.0 Å². The second-order valence-corrected chi connectivity index (χ2v) is 7.06. The van der Waals surface area contributed by atoms with E-state index in [1.807, 2.05) is 6.07 Å². The molecule has 2 aromatic heterocycles. The maximum Gasteiger partial charge on any atom is 0.275 e. The van der Waals surface area contributed by atoms with Crippen molar-refractivity contribution in [3.8, 4) is 11.5 Å². The van der Waals surface area contributed by atoms with E-state index in [1.165, 1.54) is 16.7 Å². The van der Waals surface area contributed by atoms with Crippen molar-refractivity contribution in [2.24, 2.45) is 0 Å². The van der Waals surface area contributed by atoms with Crippen LogP contribution in [0.1, 0.15) is 12.0 Å². The standard InChI is InChI=1S/C23H22FN3O4/c1-30-17-7-5-15(21(13-17)31-2)14-25-22(28)9-11-27-20-12-16(24)6-8-18(20)26-10-3-4-19(26)23(27)29/h3-8,10,12-13H,9,11,14H2,1-2H3,(H,25,28). The Kier molecular flexibility index (Phi) is 5.62. The van der Waals surface area contributed by atoms with Gasteiger partial charge in [0.1, 0.15) is 22.8 Å². The molecule has 2 aromatic carbocycles. The van der Waals surface area contributed by atoms with Gasteiger partial charge in [0.15, 0.2) is 0 Å². The Hall–Kier alpha value is -3.81. The van der Waals surface area contributed by atoms with E-state index >= 15 is 0 Å². The number of nitrogens with zero attached hydrogens (tertiary/aromatic N) is 2. The summed E-state index contributed by atoms with van der Waals surface area (Å²) in [6, 6.07) is 13.1. The average molecular weight is 423 g/mol. The van der Waals surface area contributed by atoms with Crippen molar-refractivity contribution < 1.29 is 18.7 Å². The number of methoxy groups -OCH3 is 2. The van der Waals surface area contributed by atoms with Gasteiger partial charge in [-0.15, -0.1) is 0 Å². The average Bonchev–Trinajstić information content (AvgIpc) is 3.27. The quantitative estimate of drug-likeness (QED) is 0.496. The van der Waals surface area contributed by atoms with Crippen molar-refractivity contribution >= 4 is 22.5 Å². The number of ether oxygens (including phenoxy) is 2. The van der Waals surface area contributed by atoms with E-state index in [4.69, 9.17) is 9.47 Å². The highest BCUT2D eigenvalue weighted by molar-refractivity contribution is 5.80. The first-order valence-electron chi connectivity index (χ1n) is 9.78. The van der Waals surface area contributed by atoms with E-state index in [2.05, 4.69) is 5.32 Å². The summed E-state index contributed by atoms with van der Waals surface area (Å²) in [5, 5.41) is 2.84. The Bertz CT molecular complexity index is 1330. The Labute approximate surface area is 177 Å². The van der Waals surface area contributed by atoms with Gasteiger partial charge in [-0.1, -0.05) is 0 Å². The molecule has 0 bridgehead atoms. The number of amides is 1. The number of aryl methyl sites for hydroxylation is 1. The number of hydrogen-bond donors (Lipinski definition) is 1. The summed E-state index contributed by atoms with van der Waals surface area (Å²) in [7, 11) is 3.12. The van der Waals surface area contributed by atoms with Crippen molar-refractivity contribution in [3.05, 3.63) is 76.5 Å². The number of carbonyl (C=O) groups excluding carboxylic acids is 1. The van der Waals surface area contributed by atoms with Crippen LogP contribution in [-0.2, 0) is 17.9 Å². The van der Waals surface area contributed by atoms with Gasteiger partial charge in [0, 0.05) is 37.3 Å². The topological polar surface area (TPSA) is 74.0 Å². The molecular weight excluding hydrogens is 401 g/mol. The predicted molar refractivity (Wildman–Crippen MR) is 115 cm³/mol. The Balaban J connectivity index is 1.53. The van der Waals surface area contributed by atoms with Crippen LogP contribution in [0.2, 0.25) is 0 Å². The highest BCUT2D eigenvalue weighted by Gasteiger charge is 2.13. The minimum Gasteiger partial charge on any atom is -0.497 e. The van der Waals surface area contributed by atoms with Gasteiger partial charge in [0.25, 0.3) is 5.56 Å². The van der Waals surface area contributed by atoms with Crippen LogP contribution in [0.15, 0.2) is 59.5 Å². The lowest BCUT2D eigenvalue weighted by Crippen LogP contribution is -2.28. The van der Waals surface area contributed by atoms with Crippen molar-refractivity contribution in [2.45, 2.75) is 19.5 Å². The molecule has 2 heterocycles. The van der Waals surface area contributed by atoms with Crippen LogP contribution in [0.25, 0.3) is 16.6 Å². The van der Waals surface area contributed by atoms with Crippen LogP contribution < -0.4 is 20.3 Å². The molecule has 4 aromatic rings. The molecule has 0 aliphatic rings. The fourth-order valence-corrected chi connectivity index (χ4v) is 3.64. The molecule has 0 fully saturated rings. The summed E-state index contributed by atoms with van der Waals surface area (Å²) in [5.41, 5.74) is 2.15. The first kappa shape index (κ1) is 20.5. The van der Waals surface area contributed by atoms with Crippen molar-refractivity contribution in [2.75, 3.05) is 14.2 Å². The number of halogens is 1. The first-order valence-corrected chi connectivity index (χ1v) is 9.78. The Morgan fingerprint density at radius 3 is 2.65 bits per heavy atom. The lowest BCUT2D eigenvalue weighted by atomic mass is 10.2. The number of fused-ring (bicyclic) bond motifs is 3. The van der Waals surface area contributed by atoms with Crippen LogP contribution >= 0.6 is 0 Å². The van der Waals surface area contributed by atoms with Gasteiger partial charge >= 0.3 is 0 Å². The SMILES string of the molecule is COc1ccc(CNC(=O)CCn2c(=O)c3cccn3c3ccc(F)cc32)c(OC)c1. The van der Waals surface area contributed by atoms with Crippen LogP contribution in [0, 0.1) is 5.82 Å². The van der Waals surface area contributed by atoms with Crippen LogP contribution in [0.3, 0.4) is 0 Å². The summed E-state index contributed by atoms with van der Waals surface area (Å²) in [6.07, 6.45) is 1.83. The maximum atomic E-state index is 13.9. The molecule has 0 aliphatic carbocycles. The molecule has 0 radical (unpaired) electrons.